The highest BCUT2D eigenvalue weighted by atomic mass is 16.5. The van der Waals surface area contributed by atoms with Crippen LogP contribution in [0, 0.1) is 18.3 Å². The van der Waals surface area contributed by atoms with Gasteiger partial charge in [0.05, 0.1) is 11.6 Å². The fraction of sp³-hybridized carbons (Fsp3) is 0.200. The van der Waals surface area contributed by atoms with E-state index in [0.29, 0.717) is 18.5 Å². The van der Waals surface area contributed by atoms with Crippen LogP contribution in [0.3, 0.4) is 0 Å². The lowest BCUT2D eigenvalue weighted by molar-refractivity contribution is 0.140. The zero-order chi connectivity index (χ0) is 17.2. The number of carbonyl (C=O) groups is 1. The van der Waals surface area contributed by atoms with E-state index in [1.165, 1.54) is 0 Å². The Morgan fingerprint density at radius 3 is 2.79 bits per heavy atom. The molecule has 4 nitrogen and oxygen atoms in total. The predicted molar refractivity (Wildman–Crippen MR) is 94.2 cm³/mol. The minimum absolute atomic E-state index is 0.261. The van der Waals surface area contributed by atoms with Gasteiger partial charge in [-0.25, -0.2) is 4.79 Å². The molecule has 0 spiro atoms. The topological polar surface area (TPSA) is 62.1 Å². The summed E-state index contributed by atoms with van der Waals surface area (Å²) in [6.45, 7) is 2.70. The molecule has 0 unspecified atom stereocenters. The van der Waals surface area contributed by atoms with Gasteiger partial charge in [0.2, 0.25) is 0 Å². The number of rotatable bonds is 6. The monoisotopic (exact) mass is 320 g/mol. The number of benzene rings is 2. The summed E-state index contributed by atoms with van der Waals surface area (Å²) in [5, 5.41) is 11.8. The van der Waals surface area contributed by atoms with Gasteiger partial charge >= 0.3 is 6.09 Å². The van der Waals surface area contributed by atoms with Gasteiger partial charge in [0.25, 0.3) is 0 Å². The summed E-state index contributed by atoms with van der Waals surface area (Å²) in [7, 11) is 0. The number of amides is 1. The molecule has 0 fully saturated rings. The fourth-order valence-corrected chi connectivity index (χ4v) is 2.15. The van der Waals surface area contributed by atoms with Crippen LogP contribution in [-0.2, 0) is 11.3 Å². The van der Waals surface area contributed by atoms with E-state index in [4.69, 9.17) is 10.00 Å². The summed E-state index contributed by atoms with van der Waals surface area (Å²) >= 11 is 0. The Balaban J connectivity index is 1.71. The SMILES string of the molecule is Cc1ccc(C=CCCNC(=O)OCc2ccccc2)c(C#N)c1. The molecule has 0 saturated carbocycles. The van der Waals surface area contributed by atoms with Crippen LogP contribution in [0.25, 0.3) is 6.08 Å². The van der Waals surface area contributed by atoms with Gasteiger partial charge in [-0.2, -0.15) is 5.26 Å². The van der Waals surface area contributed by atoms with Crippen molar-refractivity contribution in [2.45, 2.75) is 20.0 Å². The third kappa shape index (κ3) is 5.62. The van der Waals surface area contributed by atoms with Gasteiger partial charge in [0.15, 0.2) is 0 Å². The molecule has 0 heterocycles. The van der Waals surface area contributed by atoms with Crippen LogP contribution < -0.4 is 5.32 Å². The lowest BCUT2D eigenvalue weighted by Gasteiger charge is -2.06. The second-order valence-electron chi connectivity index (χ2n) is 5.38. The van der Waals surface area contributed by atoms with Crippen LogP contribution in [0.2, 0.25) is 0 Å². The van der Waals surface area contributed by atoms with Gasteiger partial charge < -0.3 is 10.1 Å². The van der Waals surface area contributed by atoms with Crippen molar-refractivity contribution in [1.82, 2.24) is 5.32 Å². The van der Waals surface area contributed by atoms with Gasteiger partial charge in [-0.05, 0) is 36.1 Å². The number of hydrogen-bond acceptors (Lipinski definition) is 3. The molecule has 0 aliphatic heterocycles. The highest BCUT2D eigenvalue weighted by Crippen LogP contribution is 2.12. The smallest absolute Gasteiger partial charge is 0.407 e. The van der Waals surface area contributed by atoms with Crippen LogP contribution in [0.5, 0.6) is 0 Å². The summed E-state index contributed by atoms with van der Waals surface area (Å²) in [4.78, 5) is 11.6. The van der Waals surface area contributed by atoms with E-state index in [1.54, 1.807) is 0 Å². The maximum Gasteiger partial charge on any atom is 0.407 e. The molecular formula is C20H20N2O2. The van der Waals surface area contributed by atoms with E-state index in [2.05, 4.69) is 11.4 Å². The number of alkyl carbamates (subject to hydrolysis) is 1. The largest absolute Gasteiger partial charge is 0.445 e. The Bertz CT molecular complexity index is 746. The maximum atomic E-state index is 11.6. The Morgan fingerprint density at radius 1 is 1.25 bits per heavy atom. The molecule has 1 N–H and O–H groups in total. The number of nitrogens with one attached hydrogen (secondary N) is 1. The van der Waals surface area contributed by atoms with Crippen molar-refractivity contribution in [3.05, 3.63) is 76.9 Å². The van der Waals surface area contributed by atoms with Gasteiger partial charge in [-0.3, -0.25) is 0 Å². The summed E-state index contributed by atoms with van der Waals surface area (Å²) < 4.78 is 5.13. The van der Waals surface area contributed by atoms with Crippen LogP contribution in [0.1, 0.15) is 28.7 Å². The molecule has 0 aliphatic rings. The molecule has 4 heteroatoms. The lowest BCUT2D eigenvalue weighted by atomic mass is 10.0. The van der Waals surface area contributed by atoms with Crippen molar-refractivity contribution in [3.8, 4) is 6.07 Å². The molecule has 2 rings (SSSR count). The number of nitriles is 1. The molecule has 0 aromatic heterocycles. The third-order valence-corrected chi connectivity index (χ3v) is 3.42. The standard InChI is InChI=1S/C20H20N2O2/c1-16-10-11-18(19(13-16)14-21)9-5-6-12-22-20(23)24-15-17-7-3-2-4-8-17/h2-5,7-11,13H,6,12,15H2,1H3,(H,22,23). The fourth-order valence-electron chi connectivity index (χ4n) is 2.15. The summed E-state index contributed by atoms with van der Waals surface area (Å²) in [5.74, 6) is 0. The Hall–Kier alpha value is -3.06. The van der Waals surface area contributed by atoms with Crippen molar-refractivity contribution < 1.29 is 9.53 Å². The van der Waals surface area contributed by atoms with Crippen LogP contribution in [0.15, 0.2) is 54.6 Å². The van der Waals surface area contributed by atoms with E-state index in [-0.39, 0.29) is 6.61 Å². The van der Waals surface area contributed by atoms with E-state index < -0.39 is 6.09 Å². The third-order valence-electron chi connectivity index (χ3n) is 3.42. The minimum atomic E-state index is -0.430. The minimum Gasteiger partial charge on any atom is -0.445 e. The number of nitrogens with zero attached hydrogens (tertiary/aromatic N) is 1. The van der Waals surface area contributed by atoms with Crippen molar-refractivity contribution in [2.75, 3.05) is 6.54 Å². The molecule has 0 bridgehead atoms. The normalized spacial score (nSPS) is 10.3. The molecule has 2 aromatic rings. The summed E-state index contributed by atoms with van der Waals surface area (Å²) in [6, 6.07) is 17.5. The number of aryl methyl sites for hydroxylation is 1. The Labute approximate surface area is 142 Å². The van der Waals surface area contributed by atoms with Crippen molar-refractivity contribution >= 4 is 12.2 Å². The predicted octanol–water partition coefficient (Wildman–Crippen LogP) is 4.20. The second kappa shape index (κ2) is 9.16. The van der Waals surface area contributed by atoms with Gasteiger partial charge in [-0.15, -0.1) is 0 Å². The van der Waals surface area contributed by atoms with Crippen molar-refractivity contribution in [3.63, 3.8) is 0 Å². The summed E-state index contributed by atoms with van der Waals surface area (Å²) in [6.07, 6.45) is 4.07. The van der Waals surface area contributed by atoms with Gasteiger partial charge in [0.1, 0.15) is 6.61 Å². The van der Waals surface area contributed by atoms with E-state index >= 15 is 0 Å². The zero-order valence-electron chi connectivity index (χ0n) is 13.7. The molecule has 2 aromatic carbocycles. The molecule has 0 radical (unpaired) electrons. The number of ether oxygens (including phenoxy) is 1. The first kappa shape index (κ1) is 17.3. The first-order chi connectivity index (χ1) is 11.7. The highest BCUT2D eigenvalue weighted by molar-refractivity contribution is 5.67. The lowest BCUT2D eigenvalue weighted by Crippen LogP contribution is -2.24. The first-order valence-corrected chi connectivity index (χ1v) is 7.81. The molecular weight excluding hydrogens is 300 g/mol. The Kier molecular flexibility index (Phi) is 6.60. The molecule has 122 valence electrons. The Morgan fingerprint density at radius 2 is 2.04 bits per heavy atom. The highest BCUT2D eigenvalue weighted by Gasteiger charge is 2.01. The second-order valence-corrected chi connectivity index (χ2v) is 5.38. The van der Waals surface area contributed by atoms with Crippen molar-refractivity contribution in [2.24, 2.45) is 0 Å². The molecule has 1 amide bonds. The summed E-state index contributed by atoms with van der Waals surface area (Å²) in [5.41, 5.74) is 3.55. The van der Waals surface area contributed by atoms with E-state index in [1.807, 2.05) is 67.6 Å². The molecule has 0 atom stereocenters. The molecule has 0 aliphatic carbocycles. The van der Waals surface area contributed by atoms with E-state index in [9.17, 15) is 4.79 Å². The molecule has 0 saturated heterocycles. The van der Waals surface area contributed by atoms with Crippen molar-refractivity contribution in [1.29, 1.82) is 5.26 Å². The van der Waals surface area contributed by atoms with Crippen LogP contribution in [-0.4, -0.2) is 12.6 Å². The average Bonchev–Trinajstić information content (AvgIpc) is 2.61. The van der Waals surface area contributed by atoms with Gasteiger partial charge in [-0.1, -0.05) is 54.6 Å². The molecule has 24 heavy (non-hydrogen) atoms. The van der Waals surface area contributed by atoms with Crippen LogP contribution >= 0.6 is 0 Å². The van der Waals surface area contributed by atoms with Crippen LogP contribution in [0.4, 0.5) is 4.79 Å². The van der Waals surface area contributed by atoms with Gasteiger partial charge in [0, 0.05) is 6.54 Å². The van der Waals surface area contributed by atoms with E-state index in [0.717, 1.165) is 16.7 Å². The maximum absolute atomic E-state index is 11.6. The number of hydrogen-bond donors (Lipinski definition) is 1. The zero-order valence-corrected chi connectivity index (χ0v) is 13.7. The quantitative estimate of drug-likeness (QED) is 0.812. The first-order valence-electron chi connectivity index (χ1n) is 7.81. The number of carbonyl (C=O) groups excluding carboxylic acids is 1. The average molecular weight is 320 g/mol.